The predicted octanol–water partition coefficient (Wildman–Crippen LogP) is 9.15. The molecule has 0 heterocycles. The Kier molecular flexibility index (Phi) is 20.1. The van der Waals surface area contributed by atoms with Crippen LogP contribution in [0.2, 0.25) is 0 Å². The summed E-state index contributed by atoms with van der Waals surface area (Å²) < 4.78 is 1.14. The summed E-state index contributed by atoms with van der Waals surface area (Å²) in [6.07, 6.45) is 4.18. The molecule has 1 rings (SSSR count). The van der Waals surface area contributed by atoms with Gasteiger partial charge in [0.1, 0.15) is 0 Å². The van der Waals surface area contributed by atoms with E-state index < -0.39 is 0 Å². The summed E-state index contributed by atoms with van der Waals surface area (Å²) in [5, 5.41) is 8.80. The fourth-order valence-electron chi connectivity index (χ4n) is 3.27. The van der Waals surface area contributed by atoms with E-state index in [-0.39, 0.29) is 5.92 Å². The number of hydrogen-bond acceptors (Lipinski definition) is 1. The summed E-state index contributed by atoms with van der Waals surface area (Å²) in [6.45, 7) is 30.1. The van der Waals surface area contributed by atoms with Gasteiger partial charge in [-0.25, -0.2) is 0 Å². The van der Waals surface area contributed by atoms with E-state index in [9.17, 15) is 0 Å². The number of benzene rings is 1. The highest BCUT2D eigenvalue weighted by Gasteiger charge is 2.18. The molecule has 0 aliphatic rings. The fraction of sp³-hybridized carbons (Fsp3) is 0.733. The van der Waals surface area contributed by atoms with Crippen LogP contribution in [0.15, 0.2) is 30.0 Å². The number of rotatable bonds is 7. The van der Waals surface area contributed by atoms with Gasteiger partial charge in [-0.05, 0) is 61.8 Å². The van der Waals surface area contributed by atoms with Crippen LogP contribution in [0.4, 0.5) is 0 Å². The third-order valence-corrected chi connectivity index (χ3v) is 4.68. The van der Waals surface area contributed by atoms with Gasteiger partial charge in [-0.15, -0.1) is 0 Å². The summed E-state index contributed by atoms with van der Waals surface area (Å²) in [5.74, 6) is 1.50. The molecule has 0 fully saturated rings. The van der Waals surface area contributed by atoms with Crippen molar-refractivity contribution in [1.82, 2.24) is 0 Å². The molecule has 0 radical (unpaired) electrons. The van der Waals surface area contributed by atoms with E-state index in [0.717, 1.165) is 10.4 Å². The van der Waals surface area contributed by atoms with Gasteiger partial charge in [0.2, 0.25) is 0 Å². The van der Waals surface area contributed by atoms with Crippen LogP contribution in [-0.4, -0.2) is 36.8 Å². The second kappa shape index (κ2) is 18.2. The first-order chi connectivity index (χ1) is 14.5. The van der Waals surface area contributed by atoms with Crippen LogP contribution >= 0.6 is 0 Å². The number of quaternary nitrogens is 1. The summed E-state index contributed by atoms with van der Waals surface area (Å²) in [5.41, 5.74) is 4.80. The van der Waals surface area contributed by atoms with Crippen molar-refractivity contribution in [1.29, 1.82) is 0 Å². The molecule has 1 N–H and O–H groups in total. The molecule has 1 aromatic rings. The summed E-state index contributed by atoms with van der Waals surface area (Å²) in [6, 6.07) is 6.90. The zero-order valence-corrected chi connectivity index (χ0v) is 24.7. The predicted molar refractivity (Wildman–Crippen MR) is 149 cm³/mol. The Morgan fingerprint density at radius 3 is 1.78 bits per heavy atom. The molecule has 0 amide bonds. The summed E-state index contributed by atoms with van der Waals surface area (Å²) >= 11 is 0. The number of allylic oxidation sites excluding steroid dienone is 2. The molecule has 0 aliphatic heterocycles. The Hall–Kier alpha value is -1.28. The van der Waals surface area contributed by atoms with Gasteiger partial charge in [-0.3, -0.25) is 0 Å². The zero-order chi connectivity index (χ0) is 26.1. The zero-order valence-electron chi connectivity index (χ0n) is 24.7. The SMILES string of the molecule is C/C=C(/O)C(C)C.CC.CC(C)(C)C.CCC[N+](C)(C)CC(C)Cc1ccc(C)c(C)c1. The second-order valence-corrected chi connectivity index (χ2v) is 11.4. The first kappa shape index (κ1) is 35.3. The lowest BCUT2D eigenvalue weighted by Gasteiger charge is -2.32. The van der Waals surface area contributed by atoms with Gasteiger partial charge in [0, 0.05) is 11.8 Å². The first-order valence-electron chi connectivity index (χ1n) is 12.8. The third-order valence-electron chi connectivity index (χ3n) is 4.68. The van der Waals surface area contributed by atoms with E-state index in [2.05, 4.69) is 87.7 Å². The monoisotopic (exact) mass is 450 g/mol. The maximum Gasteiger partial charge on any atom is 0.0905 e. The van der Waals surface area contributed by atoms with Crippen LogP contribution in [0.1, 0.15) is 99.3 Å². The minimum atomic E-state index is 0.282. The average Bonchev–Trinajstić information content (AvgIpc) is 2.64. The maximum atomic E-state index is 8.80. The quantitative estimate of drug-likeness (QED) is 0.324. The van der Waals surface area contributed by atoms with Gasteiger partial charge in [-0.1, -0.05) is 87.4 Å². The van der Waals surface area contributed by atoms with Crippen molar-refractivity contribution in [2.24, 2.45) is 17.3 Å². The standard InChI is InChI=1S/C17H30N.C6H12O.C5H12.C2H6/c1-7-10-18(5,6)13-14(2)11-17-9-8-15(3)16(4)12-17;1-4-6(7)5(2)3;1-5(2,3)4;1-2/h8-9,12,14H,7,10-11,13H2,1-6H3;4-5,7H,1-3H3;1-4H3;1-2H3/q+1;;;/b;6-4+;;. The van der Waals surface area contributed by atoms with E-state index in [1.54, 1.807) is 6.08 Å². The van der Waals surface area contributed by atoms with Gasteiger partial charge in [0.25, 0.3) is 0 Å². The van der Waals surface area contributed by atoms with Crippen LogP contribution in [0.5, 0.6) is 0 Å². The largest absolute Gasteiger partial charge is 0.512 e. The van der Waals surface area contributed by atoms with Crippen LogP contribution in [0.25, 0.3) is 0 Å². The third kappa shape index (κ3) is 23.4. The first-order valence-corrected chi connectivity index (χ1v) is 12.8. The molecule has 1 unspecified atom stereocenters. The van der Waals surface area contributed by atoms with Crippen molar-refractivity contribution in [3.63, 3.8) is 0 Å². The Morgan fingerprint density at radius 1 is 1.00 bits per heavy atom. The highest BCUT2D eigenvalue weighted by molar-refractivity contribution is 5.30. The maximum absolute atomic E-state index is 8.80. The highest BCUT2D eigenvalue weighted by Crippen LogP contribution is 2.16. The molecule has 0 spiro atoms. The van der Waals surface area contributed by atoms with E-state index in [0.29, 0.717) is 11.2 Å². The molecule has 0 saturated carbocycles. The molecular formula is C30H60NO+. The lowest BCUT2D eigenvalue weighted by molar-refractivity contribution is -0.893. The molecule has 2 nitrogen and oxygen atoms in total. The van der Waals surface area contributed by atoms with Crippen molar-refractivity contribution in [3.05, 3.63) is 46.7 Å². The Morgan fingerprint density at radius 2 is 1.47 bits per heavy atom. The topological polar surface area (TPSA) is 20.2 Å². The number of hydrogen-bond donors (Lipinski definition) is 1. The Labute approximate surface area is 203 Å². The van der Waals surface area contributed by atoms with Crippen molar-refractivity contribution >= 4 is 0 Å². The molecule has 1 atom stereocenters. The molecule has 1 aromatic carbocycles. The van der Waals surface area contributed by atoms with Crippen LogP contribution < -0.4 is 0 Å². The smallest absolute Gasteiger partial charge is 0.0905 e. The average molecular weight is 451 g/mol. The molecule has 0 aliphatic carbocycles. The molecule has 2 heteroatoms. The van der Waals surface area contributed by atoms with Gasteiger partial charge < -0.3 is 9.59 Å². The second-order valence-electron chi connectivity index (χ2n) is 11.4. The Balaban J connectivity index is -0.000000495. The minimum Gasteiger partial charge on any atom is -0.512 e. The number of nitrogens with zero attached hydrogens (tertiary/aromatic N) is 1. The molecular weight excluding hydrogens is 390 g/mol. The van der Waals surface area contributed by atoms with Crippen molar-refractivity contribution in [3.8, 4) is 0 Å². The van der Waals surface area contributed by atoms with E-state index in [1.807, 2.05) is 34.6 Å². The van der Waals surface area contributed by atoms with Crippen molar-refractivity contribution < 1.29 is 9.59 Å². The summed E-state index contributed by atoms with van der Waals surface area (Å²) in [4.78, 5) is 0. The van der Waals surface area contributed by atoms with E-state index >= 15 is 0 Å². The van der Waals surface area contributed by atoms with Crippen LogP contribution in [-0.2, 0) is 6.42 Å². The molecule has 190 valence electrons. The van der Waals surface area contributed by atoms with Crippen LogP contribution in [0, 0.1) is 31.1 Å². The van der Waals surface area contributed by atoms with E-state index in [4.69, 9.17) is 5.11 Å². The fourth-order valence-corrected chi connectivity index (χ4v) is 3.27. The number of aryl methyl sites for hydroxylation is 2. The number of aliphatic hydroxyl groups excluding tert-OH is 1. The van der Waals surface area contributed by atoms with Crippen LogP contribution in [0.3, 0.4) is 0 Å². The highest BCUT2D eigenvalue weighted by atomic mass is 16.3. The molecule has 0 saturated heterocycles. The normalized spacial score (nSPS) is 12.6. The molecule has 0 aromatic heterocycles. The van der Waals surface area contributed by atoms with Gasteiger partial charge >= 0.3 is 0 Å². The lowest BCUT2D eigenvalue weighted by atomic mass is 9.97. The van der Waals surface area contributed by atoms with E-state index in [1.165, 1.54) is 42.6 Å². The molecule has 0 bridgehead atoms. The Bertz CT molecular complexity index is 600. The lowest BCUT2D eigenvalue weighted by Crippen LogP contribution is -2.43. The minimum absolute atomic E-state index is 0.282. The molecule has 32 heavy (non-hydrogen) atoms. The van der Waals surface area contributed by atoms with Gasteiger partial charge in [0.05, 0.1) is 32.9 Å². The van der Waals surface area contributed by atoms with Gasteiger partial charge in [-0.2, -0.15) is 0 Å². The van der Waals surface area contributed by atoms with Gasteiger partial charge in [0.15, 0.2) is 0 Å². The summed E-state index contributed by atoms with van der Waals surface area (Å²) in [7, 11) is 4.70. The number of aliphatic hydroxyl groups is 1. The van der Waals surface area contributed by atoms with Crippen molar-refractivity contribution in [2.45, 2.75) is 103 Å². The van der Waals surface area contributed by atoms with Crippen molar-refractivity contribution in [2.75, 3.05) is 27.2 Å².